The normalized spacial score (nSPS) is 11.4. The lowest BCUT2D eigenvalue weighted by Crippen LogP contribution is -2.16. The SMILES string of the molecule is N#Cc1cc(-c2ccc(OC(F)(F)F)cc2)c2nccn2c1Cl. The highest BCUT2D eigenvalue weighted by molar-refractivity contribution is 6.31. The maximum atomic E-state index is 12.2. The van der Waals surface area contributed by atoms with Crippen molar-refractivity contribution in [2.75, 3.05) is 0 Å². The van der Waals surface area contributed by atoms with Crippen molar-refractivity contribution in [2.24, 2.45) is 0 Å². The molecule has 0 amide bonds. The number of halogens is 4. The molecule has 23 heavy (non-hydrogen) atoms. The van der Waals surface area contributed by atoms with E-state index < -0.39 is 6.36 Å². The minimum Gasteiger partial charge on any atom is -0.406 e. The first-order valence-corrected chi connectivity index (χ1v) is 6.69. The Morgan fingerprint density at radius 1 is 1.22 bits per heavy atom. The van der Waals surface area contributed by atoms with Gasteiger partial charge in [0, 0.05) is 18.0 Å². The lowest BCUT2D eigenvalue weighted by Gasteiger charge is -2.10. The smallest absolute Gasteiger partial charge is 0.406 e. The van der Waals surface area contributed by atoms with Crippen molar-refractivity contribution in [3.05, 3.63) is 53.4 Å². The monoisotopic (exact) mass is 337 g/mol. The van der Waals surface area contributed by atoms with Crippen LogP contribution in [0.15, 0.2) is 42.7 Å². The van der Waals surface area contributed by atoms with Crippen LogP contribution < -0.4 is 4.74 Å². The average Bonchev–Trinajstić information content (AvgIpc) is 2.97. The van der Waals surface area contributed by atoms with Gasteiger partial charge in [-0.25, -0.2) is 4.98 Å². The van der Waals surface area contributed by atoms with Gasteiger partial charge in [-0.3, -0.25) is 4.40 Å². The van der Waals surface area contributed by atoms with E-state index in [9.17, 15) is 13.2 Å². The molecule has 0 N–H and O–H groups in total. The molecule has 0 fully saturated rings. The van der Waals surface area contributed by atoms with Crippen molar-refractivity contribution in [1.82, 2.24) is 9.38 Å². The van der Waals surface area contributed by atoms with Gasteiger partial charge in [-0.05, 0) is 23.8 Å². The number of nitriles is 1. The highest BCUT2D eigenvalue weighted by Gasteiger charge is 2.31. The summed E-state index contributed by atoms with van der Waals surface area (Å²) < 4.78 is 41.9. The summed E-state index contributed by atoms with van der Waals surface area (Å²) >= 11 is 6.10. The average molecular weight is 338 g/mol. The number of pyridine rings is 1. The molecule has 4 nitrogen and oxygen atoms in total. The Hall–Kier alpha value is -2.72. The van der Waals surface area contributed by atoms with Crippen molar-refractivity contribution in [2.45, 2.75) is 6.36 Å². The van der Waals surface area contributed by atoms with Gasteiger partial charge in [0.2, 0.25) is 0 Å². The van der Waals surface area contributed by atoms with E-state index in [2.05, 4.69) is 9.72 Å². The molecule has 2 aromatic heterocycles. The highest BCUT2D eigenvalue weighted by atomic mass is 35.5. The third kappa shape index (κ3) is 2.94. The topological polar surface area (TPSA) is 50.3 Å². The summed E-state index contributed by atoms with van der Waals surface area (Å²) in [5.41, 5.74) is 1.90. The van der Waals surface area contributed by atoms with Crippen LogP contribution in [0.5, 0.6) is 5.75 Å². The lowest BCUT2D eigenvalue weighted by atomic mass is 10.1. The molecule has 8 heteroatoms. The number of ether oxygens (including phenoxy) is 1. The Kier molecular flexibility index (Phi) is 3.62. The molecule has 3 rings (SSSR count). The molecule has 0 spiro atoms. The van der Waals surface area contributed by atoms with Gasteiger partial charge in [0.05, 0.1) is 5.56 Å². The number of rotatable bonds is 2. The number of hydrogen-bond acceptors (Lipinski definition) is 3. The molecule has 0 aliphatic rings. The van der Waals surface area contributed by atoms with Gasteiger partial charge in [-0.1, -0.05) is 23.7 Å². The Morgan fingerprint density at radius 3 is 2.52 bits per heavy atom. The number of hydrogen-bond donors (Lipinski definition) is 0. The van der Waals surface area contributed by atoms with Crippen molar-refractivity contribution in [1.29, 1.82) is 5.26 Å². The number of aromatic nitrogens is 2. The van der Waals surface area contributed by atoms with Gasteiger partial charge in [0.15, 0.2) is 0 Å². The summed E-state index contributed by atoms with van der Waals surface area (Å²) in [5, 5.41) is 9.37. The van der Waals surface area contributed by atoms with E-state index in [-0.39, 0.29) is 16.5 Å². The maximum Gasteiger partial charge on any atom is 0.573 e. The van der Waals surface area contributed by atoms with Crippen LogP contribution in [0.25, 0.3) is 16.8 Å². The van der Waals surface area contributed by atoms with Crippen molar-refractivity contribution in [3.8, 4) is 22.9 Å². The summed E-state index contributed by atoms with van der Waals surface area (Å²) in [6.07, 6.45) is -1.62. The molecule has 0 saturated heterocycles. The highest BCUT2D eigenvalue weighted by Crippen LogP contribution is 2.31. The summed E-state index contributed by atoms with van der Waals surface area (Å²) in [5.74, 6) is -0.324. The fraction of sp³-hybridized carbons (Fsp3) is 0.0667. The zero-order valence-corrected chi connectivity index (χ0v) is 12.1. The summed E-state index contributed by atoms with van der Waals surface area (Å²) in [6, 6.07) is 8.83. The first-order valence-electron chi connectivity index (χ1n) is 6.31. The fourth-order valence-electron chi connectivity index (χ4n) is 2.19. The first-order chi connectivity index (χ1) is 10.9. The molecular formula is C15H7ClF3N3O. The van der Waals surface area contributed by atoms with Crippen molar-refractivity contribution in [3.63, 3.8) is 0 Å². The summed E-state index contributed by atoms with van der Waals surface area (Å²) in [6.45, 7) is 0. The second-order valence-corrected chi connectivity index (χ2v) is 4.93. The van der Waals surface area contributed by atoms with E-state index in [1.165, 1.54) is 34.9 Å². The van der Waals surface area contributed by atoms with Crippen LogP contribution in [0.1, 0.15) is 5.56 Å². The molecule has 0 radical (unpaired) electrons. The molecule has 1 aromatic carbocycles. The van der Waals surface area contributed by atoms with E-state index in [0.29, 0.717) is 16.8 Å². The zero-order chi connectivity index (χ0) is 16.6. The number of fused-ring (bicyclic) bond motifs is 1. The van der Waals surface area contributed by atoms with Crippen molar-refractivity contribution < 1.29 is 17.9 Å². The maximum absolute atomic E-state index is 12.2. The molecule has 0 saturated carbocycles. The van der Waals surface area contributed by atoms with Gasteiger partial charge < -0.3 is 4.74 Å². The lowest BCUT2D eigenvalue weighted by molar-refractivity contribution is -0.274. The van der Waals surface area contributed by atoms with Gasteiger partial charge in [-0.2, -0.15) is 5.26 Å². The Balaban J connectivity index is 2.09. The van der Waals surface area contributed by atoms with Gasteiger partial charge >= 0.3 is 6.36 Å². The standard InChI is InChI=1S/C15H7ClF3N3O/c16-13-10(8-20)7-12(14-21-5-6-22(13)14)9-1-3-11(4-2-9)23-15(17,18)19/h1-7H. The second kappa shape index (κ2) is 5.48. The van der Waals surface area contributed by atoms with Crippen LogP contribution >= 0.6 is 11.6 Å². The Morgan fingerprint density at radius 2 is 1.91 bits per heavy atom. The van der Waals surface area contributed by atoms with Crippen LogP contribution in [-0.4, -0.2) is 15.7 Å². The molecule has 0 bridgehead atoms. The van der Waals surface area contributed by atoms with Crippen molar-refractivity contribution >= 4 is 17.2 Å². The molecule has 0 unspecified atom stereocenters. The van der Waals surface area contributed by atoms with E-state index in [1.807, 2.05) is 6.07 Å². The molecule has 2 heterocycles. The number of nitrogens with zero attached hydrogens (tertiary/aromatic N) is 3. The van der Waals surface area contributed by atoms with Crippen LogP contribution in [0.4, 0.5) is 13.2 Å². The number of benzene rings is 1. The van der Waals surface area contributed by atoms with E-state index >= 15 is 0 Å². The molecular weight excluding hydrogens is 331 g/mol. The number of imidazole rings is 1. The van der Waals surface area contributed by atoms with Gasteiger partial charge in [0.1, 0.15) is 22.6 Å². The minimum atomic E-state index is -4.74. The van der Waals surface area contributed by atoms with E-state index in [0.717, 1.165) is 0 Å². The molecule has 0 atom stereocenters. The molecule has 0 aliphatic heterocycles. The van der Waals surface area contributed by atoms with Crippen LogP contribution in [-0.2, 0) is 0 Å². The zero-order valence-electron chi connectivity index (χ0n) is 11.3. The predicted octanol–water partition coefficient (Wildman–Crippen LogP) is 4.42. The third-order valence-corrected chi connectivity index (χ3v) is 3.51. The molecule has 0 aliphatic carbocycles. The third-order valence-electron chi connectivity index (χ3n) is 3.12. The van der Waals surface area contributed by atoms with E-state index in [4.69, 9.17) is 16.9 Å². The summed E-state index contributed by atoms with van der Waals surface area (Å²) in [7, 11) is 0. The molecule has 116 valence electrons. The first kappa shape index (κ1) is 15.2. The quantitative estimate of drug-likeness (QED) is 0.650. The summed E-state index contributed by atoms with van der Waals surface area (Å²) in [4.78, 5) is 4.17. The van der Waals surface area contributed by atoms with Gasteiger partial charge in [0.25, 0.3) is 0 Å². The van der Waals surface area contributed by atoms with E-state index in [1.54, 1.807) is 12.3 Å². The fourth-order valence-corrected chi connectivity index (χ4v) is 2.42. The second-order valence-electron chi connectivity index (χ2n) is 4.57. The Labute approximate surface area is 133 Å². The van der Waals surface area contributed by atoms with Crippen LogP contribution in [0.2, 0.25) is 5.15 Å². The predicted molar refractivity (Wildman–Crippen MR) is 77.0 cm³/mol. The van der Waals surface area contributed by atoms with Crippen LogP contribution in [0, 0.1) is 11.3 Å². The van der Waals surface area contributed by atoms with Gasteiger partial charge in [-0.15, -0.1) is 13.2 Å². The largest absolute Gasteiger partial charge is 0.573 e. The minimum absolute atomic E-state index is 0.223. The van der Waals surface area contributed by atoms with Crippen LogP contribution in [0.3, 0.4) is 0 Å². The molecule has 3 aromatic rings. The Bertz CT molecular complexity index is 911. The number of alkyl halides is 3.